The van der Waals surface area contributed by atoms with Crippen molar-refractivity contribution in [3.8, 4) is 0 Å². The molecule has 2 rings (SSSR count). The number of nitrogens with one attached hydrogen (secondary N) is 1. The molecule has 0 bridgehead atoms. The highest BCUT2D eigenvalue weighted by Gasteiger charge is 2.07. The maximum absolute atomic E-state index is 4.55. The Hall–Kier alpha value is -1.00. The van der Waals surface area contributed by atoms with E-state index in [9.17, 15) is 0 Å². The van der Waals surface area contributed by atoms with E-state index in [2.05, 4.69) is 29.1 Å². The lowest BCUT2D eigenvalue weighted by molar-refractivity contribution is 0.564. The van der Waals surface area contributed by atoms with Gasteiger partial charge in [0.2, 0.25) is 0 Å². The third-order valence-corrected chi connectivity index (χ3v) is 3.33. The third kappa shape index (κ3) is 2.52. The van der Waals surface area contributed by atoms with Crippen LogP contribution >= 0.6 is 11.3 Å². The van der Waals surface area contributed by atoms with Crippen molar-refractivity contribution in [3.05, 3.63) is 23.5 Å². The Morgan fingerprint density at radius 3 is 3.13 bits per heavy atom. The molecule has 2 aromatic rings. The fraction of sp³-hybridized carbons (Fsp3) is 0.455. The number of fused-ring (bicyclic) bond motifs is 1. The highest BCUT2D eigenvalue weighted by molar-refractivity contribution is 7.18. The third-order valence-electron chi connectivity index (χ3n) is 2.27. The van der Waals surface area contributed by atoms with Crippen molar-refractivity contribution in [1.29, 1.82) is 0 Å². The van der Waals surface area contributed by atoms with Crippen LogP contribution in [0.4, 0.5) is 0 Å². The Morgan fingerprint density at radius 2 is 2.40 bits per heavy atom. The first-order chi connectivity index (χ1) is 7.29. The average molecular weight is 221 g/mol. The standard InChI is InChI=1S/C11H15N3S/c1-3-13-8(2)6-11-14-9-7-12-5-4-10(9)15-11/h4-5,7-8,13H,3,6H2,1-2H3. The largest absolute Gasteiger partial charge is 0.314 e. The number of hydrogen-bond donors (Lipinski definition) is 1. The maximum Gasteiger partial charge on any atom is 0.0998 e. The number of rotatable bonds is 4. The molecule has 0 amide bonds. The number of likely N-dealkylation sites (N-methyl/N-ethyl adjacent to an activating group) is 1. The lowest BCUT2D eigenvalue weighted by Gasteiger charge is -2.08. The van der Waals surface area contributed by atoms with Gasteiger partial charge in [0, 0.05) is 18.7 Å². The van der Waals surface area contributed by atoms with E-state index in [1.165, 1.54) is 9.71 Å². The summed E-state index contributed by atoms with van der Waals surface area (Å²) in [5.74, 6) is 0. The smallest absolute Gasteiger partial charge is 0.0998 e. The topological polar surface area (TPSA) is 37.8 Å². The Morgan fingerprint density at radius 1 is 1.53 bits per heavy atom. The first-order valence-corrected chi connectivity index (χ1v) is 6.04. The molecule has 15 heavy (non-hydrogen) atoms. The molecule has 0 aliphatic rings. The Bertz CT molecular complexity index is 405. The molecule has 0 spiro atoms. The minimum atomic E-state index is 0.489. The van der Waals surface area contributed by atoms with E-state index in [1.807, 2.05) is 18.5 Å². The second-order valence-electron chi connectivity index (χ2n) is 3.61. The minimum absolute atomic E-state index is 0.489. The quantitative estimate of drug-likeness (QED) is 0.860. The molecule has 3 nitrogen and oxygen atoms in total. The summed E-state index contributed by atoms with van der Waals surface area (Å²) in [6.45, 7) is 5.32. The molecule has 1 unspecified atom stereocenters. The molecular formula is C11H15N3S. The van der Waals surface area contributed by atoms with Crippen LogP contribution in [0.5, 0.6) is 0 Å². The zero-order valence-electron chi connectivity index (χ0n) is 9.03. The minimum Gasteiger partial charge on any atom is -0.314 e. The summed E-state index contributed by atoms with van der Waals surface area (Å²) in [5, 5.41) is 4.58. The molecule has 0 fully saturated rings. The number of aromatic nitrogens is 2. The molecule has 0 aromatic carbocycles. The molecular weight excluding hydrogens is 206 g/mol. The van der Waals surface area contributed by atoms with E-state index >= 15 is 0 Å². The van der Waals surface area contributed by atoms with Crippen molar-refractivity contribution >= 4 is 21.6 Å². The molecule has 0 saturated carbocycles. The van der Waals surface area contributed by atoms with Crippen LogP contribution in [-0.4, -0.2) is 22.6 Å². The molecule has 1 N–H and O–H groups in total. The summed E-state index contributed by atoms with van der Waals surface area (Å²) in [5.41, 5.74) is 1.01. The second-order valence-corrected chi connectivity index (χ2v) is 4.73. The van der Waals surface area contributed by atoms with Crippen molar-refractivity contribution < 1.29 is 0 Å². The van der Waals surface area contributed by atoms with Gasteiger partial charge in [-0.15, -0.1) is 11.3 Å². The van der Waals surface area contributed by atoms with Gasteiger partial charge in [-0.2, -0.15) is 0 Å². The Labute approximate surface area is 93.6 Å². The van der Waals surface area contributed by atoms with Crippen molar-refractivity contribution in [1.82, 2.24) is 15.3 Å². The van der Waals surface area contributed by atoms with Gasteiger partial charge in [0.25, 0.3) is 0 Å². The molecule has 0 radical (unpaired) electrons. The number of thiazole rings is 1. The van der Waals surface area contributed by atoms with Crippen LogP contribution in [0.2, 0.25) is 0 Å². The van der Waals surface area contributed by atoms with Gasteiger partial charge >= 0.3 is 0 Å². The maximum atomic E-state index is 4.55. The zero-order chi connectivity index (χ0) is 10.7. The van der Waals surface area contributed by atoms with Gasteiger partial charge in [-0.3, -0.25) is 4.98 Å². The fourth-order valence-corrected chi connectivity index (χ4v) is 2.66. The Balaban J connectivity index is 2.15. The van der Waals surface area contributed by atoms with Crippen molar-refractivity contribution in [2.45, 2.75) is 26.3 Å². The second kappa shape index (κ2) is 4.68. The van der Waals surface area contributed by atoms with Crippen LogP contribution in [0, 0.1) is 0 Å². The van der Waals surface area contributed by atoms with Gasteiger partial charge < -0.3 is 5.32 Å². The molecule has 0 saturated heterocycles. The summed E-state index contributed by atoms with van der Waals surface area (Å²) in [4.78, 5) is 8.62. The van der Waals surface area contributed by atoms with Crippen LogP contribution in [0.3, 0.4) is 0 Å². The van der Waals surface area contributed by atoms with Crippen LogP contribution in [-0.2, 0) is 6.42 Å². The van der Waals surface area contributed by atoms with Gasteiger partial charge in [-0.25, -0.2) is 4.98 Å². The first kappa shape index (κ1) is 10.5. The highest BCUT2D eigenvalue weighted by atomic mass is 32.1. The van der Waals surface area contributed by atoms with E-state index in [1.54, 1.807) is 11.3 Å². The van der Waals surface area contributed by atoms with Crippen LogP contribution < -0.4 is 5.32 Å². The molecule has 0 aliphatic heterocycles. The molecule has 4 heteroatoms. The van der Waals surface area contributed by atoms with Gasteiger partial charge in [0.15, 0.2) is 0 Å². The molecule has 1 atom stereocenters. The highest BCUT2D eigenvalue weighted by Crippen LogP contribution is 2.21. The summed E-state index contributed by atoms with van der Waals surface area (Å²) < 4.78 is 1.23. The number of pyridine rings is 1. The van der Waals surface area contributed by atoms with Gasteiger partial charge in [-0.1, -0.05) is 6.92 Å². The SMILES string of the molecule is CCNC(C)Cc1nc2cnccc2s1. The monoisotopic (exact) mass is 221 g/mol. The molecule has 2 aromatic heterocycles. The molecule has 2 heterocycles. The Kier molecular flexibility index (Phi) is 3.28. The first-order valence-electron chi connectivity index (χ1n) is 5.22. The summed E-state index contributed by atoms with van der Waals surface area (Å²) in [6, 6.07) is 2.51. The van der Waals surface area contributed by atoms with Crippen molar-refractivity contribution in [3.63, 3.8) is 0 Å². The van der Waals surface area contributed by atoms with Crippen molar-refractivity contribution in [2.75, 3.05) is 6.54 Å². The van der Waals surface area contributed by atoms with Gasteiger partial charge in [0.1, 0.15) is 0 Å². The summed E-state index contributed by atoms with van der Waals surface area (Å²) in [7, 11) is 0. The van der Waals surface area contributed by atoms with Crippen LogP contribution in [0.1, 0.15) is 18.9 Å². The molecule has 0 aliphatic carbocycles. The van der Waals surface area contributed by atoms with E-state index in [0.717, 1.165) is 18.5 Å². The van der Waals surface area contributed by atoms with E-state index < -0.39 is 0 Å². The average Bonchev–Trinajstić information content (AvgIpc) is 2.59. The predicted octanol–water partition coefficient (Wildman–Crippen LogP) is 2.23. The normalized spacial score (nSPS) is 13.2. The van der Waals surface area contributed by atoms with Crippen LogP contribution in [0.15, 0.2) is 18.5 Å². The molecule has 80 valence electrons. The summed E-state index contributed by atoms with van der Waals surface area (Å²) in [6.07, 6.45) is 4.64. The van der Waals surface area contributed by atoms with Crippen molar-refractivity contribution in [2.24, 2.45) is 0 Å². The number of hydrogen-bond acceptors (Lipinski definition) is 4. The van der Waals surface area contributed by atoms with Gasteiger partial charge in [0.05, 0.1) is 21.4 Å². The van der Waals surface area contributed by atoms with E-state index in [-0.39, 0.29) is 0 Å². The summed E-state index contributed by atoms with van der Waals surface area (Å²) >= 11 is 1.76. The lowest BCUT2D eigenvalue weighted by Crippen LogP contribution is -2.27. The zero-order valence-corrected chi connectivity index (χ0v) is 9.84. The van der Waals surface area contributed by atoms with Gasteiger partial charge in [-0.05, 0) is 19.5 Å². The lowest BCUT2D eigenvalue weighted by atomic mass is 10.2. The van der Waals surface area contributed by atoms with Crippen LogP contribution in [0.25, 0.3) is 10.2 Å². The van der Waals surface area contributed by atoms with E-state index in [0.29, 0.717) is 6.04 Å². The predicted molar refractivity (Wildman–Crippen MR) is 64.3 cm³/mol. The fourth-order valence-electron chi connectivity index (χ4n) is 1.60. The van der Waals surface area contributed by atoms with E-state index in [4.69, 9.17) is 0 Å². The number of nitrogens with zero attached hydrogens (tertiary/aromatic N) is 2.